The highest BCUT2D eigenvalue weighted by Crippen LogP contribution is 2.08. The molecule has 0 radical (unpaired) electrons. The number of nitrogens with zero attached hydrogens (tertiary/aromatic N) is 1. The molecule has 0 N–H and O–H groups in total. The summed E-state index contributed by atoms with van der Waals surface area (Å²) in [5.74, 6) is 0. The predicted octanol–water partition coefficient (Wildman–Crippen LogP) is 3.01. The first-order valence-electron chi connectivity index (χ1n) is 5.05. The van der Waals surface area contributed by atoms with E-state index in [-0.39, 0.29) is 0 Å². The molecule has 0 unspecified atom stereocenters. The van der Waals surface area contributed by atoms with E-state index in [0.29, 0.717) is 0 Å². The van der Waals surface area contributed by atoms with Crippen LogP contribution in [-0.4, -0.2) is 23.0 Å². The quantitative estimate of drug-likeness (QED) is 0.701. The highest BCUT2D eigenvalue weighted by Gasteiger charge is 2.06. The lowest BCUT2D eigenvalue weighted by molar-refractivity contribution is 0.475. The summed E-state index contributed by atoms with van der Waals surface area (Å²) in [5.41, 5.74) is 2.42. The first kappa shape index (κ1) is 11.2. The molecule has 14 heavy (non-hydrogen) atoms. The Kier molecular flexibility index (Phi) is 4.08. The minimum atomic E-state index is 0.954. The molecule has 0 fully saturated rings. The molecule has 1 aromatic carbocycles. The third kappa shape index (κ3) is 2.55. The SMILES string of the molecule is CCN(CC)C(=S)c1ccc(C)cc1. The maximum Gasteiger partial charge on any atom is 0.109 e. The topological polar surface area (TPSA) is 3.24 Å². The van der Waals surface area contributed by atoms with Crippen LogP contribution in [0.3, 0.4) is 0 Å². The van der Waals surface area contributed by atoms with Gasteiger partial charge >= 0.3 is 0 Å². The normalized spacial score (nSPS) is 9.93. The molecule has 1 rings (SSSR count). The molecule has 0 atom stereocenters. The minimum absolute atomic E-state index is 0.954. The van der Waals surface area contributed by atoms with Gasteiger partial charge in [-0.3, -0.25) is 0 Å². The Bertz CT molecular complexity index is 299. The van der Waals surface area contributed by atoms with Crippen LogP contribution < -0.4 is 0 Å². The summed E-state index contributed by atoms with van der Waals surface area (Å²) in [4.78, 5) is 3.15. The summed E-state index contributed by atoms with van der Waals surface area (Å²) in [5, 5.41) is 0. The molecular formula is C12H17NS. The van der Waals surface area contributed by atoms with Crippen LogP contribution in [0.15, 0.2) is 24.3 Å². The summed E-state index contributed by atoms with van der Waals surface area (Å²) in [7, 11) is 0. The Balaban J connectivity index is 2.83. The molecule has 0 spiro atoms. The van der Waals surface area contributed by atoms with E-state index in [9.17, 15) is 0 Å². The molecule has 0 aliphatic carbocycles. The fourth-order valence-corrected chi connectivity index (χ4v) is 1.78. The van der Waals surface area contributed by atoms with Crippen molar-refractivity contribution in [2.45, 2.75) is 20.8 Å². The van der Waals surface area contributed by atoms with Crippen molar-refractivity contribution in [2.24, 2.45) is 0 Å². The van der Waals surface area contributed by atoms with Crippen molar-refractivity contribution >= 4 is 17.2 Å². The van der Waals surface area contributed by atoms with E-state index in [4.69, 9.17) is 12.2 Å². The van der Waals surface area contributed by atoms with Gasteiger partial charge in [0.05, 0.1) is 0 Å². The zero-order valence-corrected chi connectivity index (χ0v) is 9.90. The van der Waals surface area contributed by atoms with E-state index < -0.39 is 0 Å². The number of thiocarbonyl (C=S) groups is 1. The molecule has 0 amide bonds. The highest BCUT2D eigenvalue weighted by molar-refractivity contribution is 7.80. The zero-order valence-electron chi connectivity index (χ0n) is 9.08. The first-order chi connectivity index (χ1) is 6.69. The van der Waals surface area contributed by atoms with Crippen LogP contribution in [0, 0.1) is 6.92 Å². The molecule has 1 aromatic rings. The van der Waals surface area contributed by atoms with Crippen LogP contribution in [-0.2, 0) is 0 Å². The fraction of sp³-hybridized carbons (Fsp3) is 0.417. The number of hydrogen-bond donors (Lipinski definition) is 0. The standard InChI is InChI=1S/C12H17NS/c1-4-13(5-2)12(14)11-8-6-10(3)7-9-11/h6-9H,4-5H2,1-3H3. The molecule has 2 heteroatoms. The van der Waals surface area contributed by atoms with Gasteiger partial charge in [-0.05, 0) is 20.8 Å². The number of aryl methyl sites for hydroxylation is 1. The van der Waals surface area contributed by atoms with Crippen molar-refractivity contribution in [3.05, 3.63) is 35.4 Å². The van der Waals surface area contributed by atoms with E-state index in [1.54, 1.807) is 0 Å². The van der Waals surface area contributed by atoms with E-state index in [0.717, 1.165) is 23.6 Å². The van der Waals surface area contributed by atoms with Crippen LogP contribution in [0.1, 0.15) is 25.0 Å². The van der Waals surface area contributed by atoms with Gasteiger partial charge in [0.2, 0.25) is 0 Å². The van der Waals surface area contributed by atoms with Gasteiger partial charge in [-0.25, -0.2) is 0 Å². The van der Waals surface area contributed by atoms with E-state index >= 15 is 0 Å². The lowest BCUT2D eigenvalue weighted by atomic mass is 10.1. The van der Waals surface area contributed by atoms with Gasteiger partial charge in [-0.2, -0.15) is 0 Å². The molecule has 0 aliphatic heterocycles. The summed E-state index contributed by atoms with van der Waals surface area (Å²) in [6.45, 7) is 8.30. The second-order valence-corrected chi connectivity index (χ2v) is 3.73. The van der Waals surface area contributed by atoms with Crippen molar-refractivity contribution in [3.8, 4) is 0 Å². The predicted molar refractivity (Wildman–Crippen MR) is 65.8 cm³/mol. The smallest absolute Gasteiger partial charge is 0.109 e. The average Bonchev–Trinajstić information content (AvgIpc) is 2.20. The molecule has 76 valence electrons. The largest absolute Gasteiger partial charge is 0.363 e. The summed E-state index contributed by atoms with van der Waals surface area (Å²) < 4.78 is 0. The Hall–Kier alpha value is -0.890. The second-order valence-electron chi connectivity index (χ2n) is 3.34. The number of hydrogen-bond acceptors (Lipinski definition) is 1. The molecule has 0 aromatic heterocycles. The van der Waals surface area contributed by atoms with Crippen molar-refractivity contribution < 1.29 is 0 Å². The van der Waals surface area contributed by atoms with E-state index in [1.165, 1.54) is 5.56 Å². The molecule has 0 saturated heterocycles. The monoisotopic (exact) mass is 207 g/mol. The molecular weight excluding hydrogens is 190 g/mol. The maximum absolute atomic E-state index is 5.41. The third-order valence-electron chi connectivity index (χ3n) is 2.35. The summed E-state index contributed by atoms with van der Waals surface area (Å²) in [6, 6.07) is 8.39. The lowest BCUT2D eigenvalue weighted by Gasteiger charge is -2.21. The van der Waals surface area contributed by atoms with Crippen LogP contribution in [0.25, 0.3) is 0 Å². The van der Waals surface area contributed by atoms with Crippen molar-refractivity contribution in [3.63, 3.8) is 0 Å². The number of rotatable bonds is 3. The van der Waals surface area contributed by atoms with E-state index in [1.807, 2.05) is 0 Å². The lowest BCUT2D eigenvalue weighted by Crippen LogP contribution is -2.29. The molecule has 0 aliphatic rings. The van der Waals surface area contributed by atoms with Crippen LogP contribution >= 0.6 is 12.2 Å². The first-order valence-corrected chi connectivity index (χ1v) is 5.45. The Labute approximate surface area is 91.7 Å². The highest BCUT2D eigenvalue weighted by atomic mass is 32.1. The maximum atomic E-state index is 5.41. The van der Waals surface area contributed by atoms with Crippen molar-refractivity contribution in [1.82, 2.24) is 4.90 Å². The van der Waals surface area contributed by atoms with E-state index in [2.05, 4.69) is 49.9 Å². The Morgan fingerprint density at radius 1 is 1.14 bits per heavy atom. The Morgan fingerprint density at radius 2 is 1.64 bits per heavy atom. The van der Waals surface area contributed by atoms with Gasteiger partial charge in [0.25, 0.3) is 0 Å². The molecule has 0 bridgehead atoms. The molecule has 0 heterocycles. The van der Waals surface area contributed by atoms with Gasteiger partial charge in [0.1, 0.15) is 4.99 Å². The van der Waals surface area contributed by atoms with Gasteiger partial charge < -0.3 is 4.90 Å². The molecule has 1 nitrogen and oxygen atoms in total. The Morgan fingerprint density at radius 3 is 2.07 bits per heavy atom. The summed E-state index contributed by atoms with van der Waals surface area (Å²) >= 11 is 5.41. The minimum Gasteiger partial charge on any atom is -0.363 e. The van der Waals surface area contributed by atoms with Crippen LogP contribution in [0.5, 0.6) is 0 Å². The van der Waals surface area contributed by atoms with Gasteiger partial charge in [0, 0.05) is 18.7 Å². The number of benzene rings is 1. The van der Waals surface area contributed by atoms with Crippen molar-refractivity contribution in [1.29, 1.82) is 0 Å². The third-order valence-corrected chi connectivity index (χ3v) is 2.84. The van der Waals surface area contributed by atoms with Gasteiger partial charge in [0.15, 0.2) is 0 Å². The van der Waals surface area contributed by atoms with Crippen molar-refractivity contribution in [2.75, 3.05) is 13.1 Å². The summed E-state index contributed by atoms with van der Waals surface area (Å²) in [6.07, 6.45) is 0. The fourth-order valence-electron chi connectivity index (χ4n) is 1.39. The zero-order chi connectivity index (χ0) is 10.6. The van der Waals surface area contributed by atoms with Gasteiger partial charge in [-0.15, -0.1) is 0 Å². The molecule has 0 saturated carbocycles. The average molecular weight is 207 g/mol. The van der Waals surface area contributed by atoms with Crippen LogP contribution in [0.4, 0.5) is 0 Å². The second kappa shape index (κ2) is 5.11. The van der Waals surface area contributed by atoms with Gasteiger partial charge in [-0.1, -0.05) is 42.0 Å². The van der Waals surface area contributed by atoms with Crippen LogP contribution in [0.2, 0.25) is 0 Å².